The summed E-state index contributed by atoms with van der Waals surface area (Å²) in [5, 5.41) is 18.5. The molecule has 4 rings (SSSR count). The second-order valence-corrected chi connectivity index (χ2v) is 9.11. The molecule has 0 aromatic carbocycles. The number of carboxylic acid groups (broad SMARTS) is 2. The molecule has 1 spiro atoms. The minimum atomic E-state index is -5.08. The molecule has 0 radical (unpaired) electrons. The molecule has 10 nitrogen and oxygen atoms in total. The van der Waals surface area contributed by atoms with Crippen LogP contribution in [0.2, 0.25) is 0 Å². The van der Waals surface area contributed by atoms with Gasteiger partial charge < -0.3 is 19.7 Å². The lowest BCUT2D eigenvalue weighted by Crippen LogP contribution is -2.47. The Balaban J connectivity index is 0.000000333. The molecule has 4 heterocycles. The number of aromatic nitrogens is 3. The van der Waals surface area contributed by atoms with Crippen molar-refractivity contribution in [3.63, 3.8) is 0 Å². The van der Waals surface area contributed by atoms with E-state index in [0.29, 0.717) is 18.4 Å². The lowest BCUT2D eigenvalue weighted by Gasteiger charge is -2.42. The predicted molar refractivity (Wildman–Crippen MR) is 126 cm³/mol. The number of alkyl halides is 6. The van der Waals surface area contributed by atoms with Crippen molar-refractivity contribution in [2.75, 3.05) is 26.3 Å². The number of hydrogen-bond donors (Lipinski definition) is 2. The monoisotopic (exact) mass is 584 g/mol. The van der Waals surface area contributed by atoms with Gasteiger partial charge in [-0.1, -0.05) is 6.07 Å². The number of nitrogens with zero attached hydrogens (tertiary/aromatic N) is 4. The standard InChI is InChI=1S/C20H28N4O2.2C2HF3O2/c1-23-15-17(14-22-23)16-24-10-7-20(8-11-24)18(6-13-26-20)5-12-25-19-4-2-3-9-21-19;2*3-2(4,5)1(6)7/h2-4,9,14-15,18H,5-8,10-13,16H2,1H3;2*(H,6,7). The SMILES string of the molecule is Cn1cc(CN2CCC3(CC2)OCCC3CCOc2ccccn2)cn1.O=C(O)C(F)(F)F.O=C(O)C(F)(F)F. The minimum Gasteiger partial charge on any atom is -0.478 e. The first kappa shape index (κ1) is 32.8. The van der Waals surface area contributed by atoms with Crippen LogP contribution in [0.1, 0.15) is 31.2 Å². The second kappa shape index (κ2) is 14.3. The summed E-state index contributed by atoms with van der Waals surface area (Å²) in [6.45, 7) is 4.76. The van der Waals surface area contributed by atoms with Gasteiger partial charge in [0.1, 0.15) is 0 Å². The summed E-state index contributed by atoms with van der Waals surface area (Å²) < 4.78 is 77.4. The van der Waals surface area contributed by atoms with Crippen LogP contribution < -0.4 is 4.74 Å². The van der Waals surface area contributed by atoms with Crippen LogP contribution in [0, 0.1) is 5.92 Å². The zero-order chi connectivity index (χ0) is 30.0. The molecule has 2 fully saturated rings. The zero-order valence-corrected chi connectivity index (χ0v) is 21.5. The summed E-state index contributed by atoms with van der Waals surface area (Å²) in [5.74, 6) is -4.21. The number of pyridine rings is 1. The maximum Gasteiger partial charge on any atom is 0.490 e. The van der Waals surface area contributed by atoms with E-state index in [9.17, 15) is 26.3 Å². The average molecular weight is 585 g/mol. The molecule has 16 heteroatoms. The highest BCUT2D eigenvalue weighted by Crippen LogP contribution is 2.42. The largest absolute Gasteiger partial charge is 0.490 e. The fourth-order valence-electron chi connectivity index (χ4n) is 4.38. The van der Waals surface area contributed by atoms with Crippen molar-refractivity contribution >= 4 is 11.9 Å². The number of aliphatic carboxylic acids is 2. The second-order valence-electron chi connectivity index (χ2n) is 9.11. The maximum atomic E-state index is 10.6. The Labute approximate surface area is 225 Å². The lowest BCUT2D eigenvalue weighted by atomic mass is 9.78. The molecular formula is C24H30F6N4O6. The van der Waals surface area contributed by atoms with Crippen molar-refractivity contribution in [3.8, 4) is 5.88 Å². The molecule has 1 unspecified atom stereocenters. The summed E-state index contributed by atoms with van der Waals surface area (Å²) in [4.78, 5) is 24.5. The third kappa shape index (κ3) is 10.6. The van der Waals surface area contributed by atoms with Gasteiger partial charge in [0.2, 0.25) is 5.88 Å². The van der Waals surface area contributed by atoms with Crippen LogP contribution in [0.5, 0.6) is 5.88 Å². The van der Waals surface area contributed by atoms with Crippen LogP contribution in [0.25, 0.3) is 0 Å². The highest BCUT2D eigenvalue weighted by Gasteiger charge is 2.45. The summed E-state index contributed by atoms with van der Waals surface area (Å²) in [5.41, 5.74) is 1.34. The molecule has 0 saturated carbocycles. The Morgan fingerprint density at radius 3 is 2.17 bits per heavy atom. The minimum absolute atomic E-state index is 0.0545. The molecule has 0 bridgehead atoms. The molecule has 40 heavy (non-hydrogen) atoms. The van der Waals surface area contributed by atoms with Gasteiger partial charge in [-0.25, -0.2) is 14.6 Å². The molecule has 1 atom stereocenters. The quantitative estimate of drug-likeness (QED) is 0.486. The Kier molecular flexibility index (Phi) is 11.7. The molecule has 0 amide bonds. The van der Waals surface area contributed by atoms with E-state index in [1.807, 2.05) is 36.1 Å². The van der Waals surface area contributed by atoms with Crippen molar-refractivity contribution in [3.05, 3.63) is 42.4 Å². The number of ether oxygens (including phenoxy) is 2. The molecule has 2 saturated heterocycles. The summed E-state index contributed by atoms with van der Waals surface area (Å²) in [7, 11) is 1.97. The third-order valence-electron chi connectivity index (χ3n) is 6.31. The highest BCUT2D eigenvalue weighted by atomic mass is 19.4. The topological polar surface area (TPSA) is 127 Å². The summed E-state index contributed by atoms with van der Waals surface area (Å²) in [6, 6.07) is 5.78. The van der Waals surface area contributed by atoms with E-state index in [1.54, 1.807) is 6.20 Å². The molecule has 224 valence electrons. The Morgan fingerprint density at radius 2 is 1.70 bits per heavy atom. The van der Waals surface area contributed by atoms with Gasteiger partial charge in [-0.05, 0) is 37.7 Å². The van der Waals surface area contributed by atoms with Gasteiger partial charge in [-0.15, -0.1) is 0 Å². The first-order chi connectivity index (χ1) is 18.6. The van der Waals surface area contributed by atoms with Crippen molar-refractivity contribution < 1.29 is 55.6 Å². The first-order valence-corrected chi connectivity index (χ1v) is 12.1. The van der Waals surface area contributed by atoms with E-state index in [0.717, 1.165) is 51.9 Å². The number of rotatable bonds is 6. The van der Waals surface area contributed by atoms with E-state index in [4.69, 9.17) is 29.3 Å². The van der Waals surface area contributed by atoms with Crippen LogP contribution in [-0.2, 0) is 27.9 Å². The number of aryl methyl sites for hydroxylation is 1. The first-order valence-electron chi connectivity index (χ1n) is 12.1. The van der Waals surface area contributed by atoms with Gasteiger partial charge in [0, 0.05) is 57.3 Å². The van der Waals surface area contributed by atoms with Crippen LogP contribution in [0.15, 0.2) is 36.8 Å². The van der Waals surface area contributed by atoms with Crippen molar-refractivity contribution in [1.82, 2.24) is 19.7 Å². The van der Waals surface area contributed by atoms with Gasteiger partial charge in [0.15, 0.2) is 0 Å². The third-order valence-corrected chi connectivity index (χ3v) is 6.31. The molecule has 2 aliphatic heterocycles. The normalized spacial score (nSPS) is 18.7. The van der Waals surface area contributed by atoms with Gasteiger partial charge >= 0.3 is 24.3 Å². The maximum absolute atomic E-state index is 10.6. The Hall–Kier alpha value is -3.40. The molecule has 0 aliphatic carbocycles. The number of hydrogen-bond acceptors (Lipinski definition) is 7. The number of piperidine rings is 1. The van der Waals surface area contributed by atoms with Crippen LogP contribution in [0.4, 0.5) is 26.3 Å². The van der Waals surface area contributed by atoms with Crippen LogP contribution >= 0.6 is 0 Å². The summed E-state index contributed by atoms with van der Waals surface area (Å²) >= 11 is 0. The van der Waals surface area contributed by atoms with Gasteiger partial charge in [-0.2, -0.15) is 31.4 Å². The molecular weight excluding hydrogens is 554 g/mol. The average Bonchev–Trinajstić information content (AvgIpc) is 3.46. The van der Waals surface area contributed by atoms with Crippen LogP contribution in [0.3, 0.4) is 0 Å². The Morgan fingerprint density at radius 1 is 1.10 bits per heavy atom. The van der Waals surface area contributed by atoms with Crippen molar-refractivity contribution in [1.29, 1.82) is 0 Å². The summed E-state index contributed by atoms with van der Waals surface area (Å²) in [6.07, 6.45) is 0.0896. The fraction of sp³-hybridized carbons (Fsp3) is 0.583. The Bertz CT molecular complexity index is 1050. The fourth-order valence-corrected chi connectivity index (χ4v) is 4.38. The molecule has 2 aliphatic rings. The van der Waals surface area contributed by atoms with E-state index in [2.05, 4.69) is 21.2 Å². The number of likely N-dealkylation sites (tertiary alicyclic amines) is 1. The smallest absolute Gasteiger partial charge is 0.478 e. The number of halogens is 6. The highest BCUT2D eigenvalue weighted by molar-refractivity contribution is 5.73. The van der Waals surface area contributed by atoms with E-state index < -0.39 is 24.3 Å². The zero-order valence-electron chi connectivity index (χ0n) is 21.5. The number of carbonyl (C=O) groups is 2. The van der Waals surface area contributed by atoms with E-state index in [-0.39, 0.29) is 5.60 Å². The molecule has 2 N–H and O–H groups in total. The van der Waals surface area contributed by atoms with Gasteiger partial charge in [0.05, 0.1) is 18.4 Å². The van der Waals surface area contributed by atoms with Crippen molar-refractivity contribution in [2.45, 2.75) is 50.2 Å². The van der Waals surface area contributed by atoms with Crippen LogP contribution in [-0.4, -0.2) is 86.1 Å². The predicted octanol–water partition coefficient (Wildman–Crippen LogP) is 3.92. The molecule has 2 aromatic rings. The van der Waals surface area contributed by atoms with E-state index >= 15 is 0 Å². The van der Waals surface area contributed by atoms with Gasteiger partial charge in [-0.3, -0.25) is 9.58 Å². The van der Waals surface area contributed by atoms with Gasteiger partial charge in [0.25, 0.3) is 0 Å². The van der Waals surface area contributed by atoms with E-state index in [1.165, 1.54) is 5.56 Å². The number of carboxylic acids is 2. The molecule has 2 aromatic heterocycles. The van der Waals surface area contributed by atoms with Crippen molar-refractivity contribution in [2.24, 2.45) is 13.0 Å². The lowest BCUT2D eigenvalue weighted by molar-refractivity contribution is -0.193.